The summed E-state index contributed by atoms with van der Waals surface area (Å²) in [5, 5.41) is 20.7. The van der Waals surface area contributed by atoms with Gasteiger partial charge in [0.05, 0.1) is 17.5 Å². The quantitative estimate of drug-likeness (QED) is 0.670. The molecule has 1 aromatic heterocycles. The van der Waals surface area contributed by atoms with Crippen LogP contribution in [0.2, 0.25) is 0 Å². The van der Waals surface area contributed by atoms with Gasteiger partial charge in [-0.1, -0.05) is 0 Å². The number of rotatable bonds is 4. The normalized spacial score (nSPS) is 10.7. The molecule has 1 heterocycles. The fourth-order valence-electron chi connectivity index (χ4n) is 1.44. The smallest absolute Gasteiger partial charge is 0.285 e. The van der Waals surface area contributed by atoms with Crippen molar-refractivity contribution in [2.45, 2.75) is 6.54 Å². The number of aromatic nitrogens is 2. The lowest BCUT2D eigenvalue weighted by atomic mass is 10.1. The highest BCUT2D eigenvalue weighted by Gasteiger charge is 2.23. The van der Waals surface area contributed by atoms with E-state index in [1.54, 1.807) is 7.05 Å². The van der Waals surface area contributed by atoms with Crippen LogP contribution < -0.4 is 5.32 Å². The lowest BCUT2D eigenvalue weighted by Gasteiger charge is -1.99. The molecule has 9 heteroatoms. The highest BCUT2D eigenvalue weighted by atomic mass is 19.2. The maximum atomic E-state index is 13.2. The molecule has 0 aliphatic carbocycles. The Kier molecular flexibility index (Phi) is 3.47. The van der Waals surface area contributed by atoms with E-state index >= 15 is 0 Å². The van der Waals surface area contributed by atoms with E-state index < -0.39 is 22.2 Å². The van der Waals surface area contributed by atoms with E-state index in [0.717, 1.165) is 0 Å². The van der Waals surface area contributed by atoms with Gasteiger partial charge >= 0.3 is 0 Å². The lowest BCUT2D eigenvalue weighted by molar-refractivity contribution is -0.384. The number of halogens is 2. The monoisotopic (exact) mass is 270 g/mol. The number of hydrogen-bond acceptors (Lipinski definition) is 6. The van der Waals surface area contributed by atoms with Gasteiger partial charge in [0.15, 0.2) is 11.6 Å². The molecule has 0 saturated carbocycles. The molecule has 0 unspecified atom stereocenters. The first kappa shape index (κ1) is 13.0. The maximum absolute atomic E-state index is 13.2. The van der Waals surface area contributed by atoms with Crippen LogP contribution in [0.15, 0.2) is 16.5 Å². The standard InChI is InChI=1S/C10H8F2N4O3/c1-13-4-9-14-15-10(19-9)5-2-6(11)7(12)3-8(5)16(17)18/h2-3,13H,4H2,1H3. The summed E-state index contributed by atoms with van der Waals surface area (Å²) in [4.78, 5) is 9.96. The van der Waals surface area contributed by atoms with E-state index in [2.05, 4.69) is 15.5 Å². The Morgan fingerprint density at radius 1 is 1.37 bits per heavy atom. The average molecular weight is 270 g/mol. The Bertz CT molecular complexity index is 629. The third-order valence-electron chi connectivity index (χ3n) is 2.26. The highest BCUT2D eigenvalue weighted by molar-refractivity contribution is 5.66. The van der Waals surface area contributed by atoms with E-state index in [1.165, 1.54) is 0 Å². The van der Waals surface area contributed by atoms with Crippen molar-refractivity contribution >= 4 is 5.69 Å². The third kappa shape index (κ3) is 2.55. The molecule has 19 heavy (non-hydrogen) atoms. The van der Waals surface area contributed by atoms with Gasteiger partial charge in [0.2, 0.25) is 5.89 Å². The number of nitro benzene ring substituents is 1. The molecule has 0 spiro atoms. The van der Waals surface area contributed by atoms with Crippen LogP contribution in [0, 0.1) is 21.7 Å². The van der Waals surface area contributed by atoms with Gasteiger partial charge in [-0.25, -0.2) is 8.78 Å². The summed E-state index contributed by atoms with van der Waals surface area (Å²) in [5.41, 5.74) is -0.905. The minimum Gasteiger partial charge on any atom is -0.419 e. The summed E-state index contributed by atoms with van der Waals surface area (Å²) in [6.07, 6.45) is 0. The zero-order chi connectivity index (χ0) is 14.0. The fraction of sp³-hybridized carbons (Fsp3) is 0.200. The second kappa shape index (κ2) is 5.06. The Morgan fingerprint density at radius 3 is 2.68 bits per heavy atom. The number of nitrogens with one attached hydrogen (secondary N) is 1. The molecule has 1 aromatic carbocycles. The number of hydrogen-bond donors (Lipinski definition) is 1. The predicted molar refractivity (Wildman–Crippen MR) is 59.1 cm³/mol. The van der Waals surface area contributed by atoms with Crippen LogP contribution in [-0.4, -0.2) is 22.2 Å². The van der Waals surface area contributed by atoms with Crippen LogP contribution in [-0.2, 0) is 6.54 Å². The van der Waals surface area contributed by atoms with Crippen molar-refractivity contribution < 1.29 is 18.1 Å². The first-order valence-electron chi connectivity index (χ1n) is 5.13. The molecule has 0 aliphatic heterocycles. The number of benzene rings is 1. The van der Waals surface area contributed by atoms with Gasteiger partial charge in [0.25, 0.3) is 11.6 Å². The molecule has 0 amide bonds. The van der Waals surface area contributed by atoms with Crippen molar-refractivity contribution in [3.05, 3.63) is 39.8 Å². The van der Waals surface area contributed by atoms with Crippen molar-refractivity contribution in [2.75, 3.05) is 7.05 Å². The molecule has 2 aromatic rings. The van der Waals surface area contributed by atoms with Crippen molar-refractivity contribution in [1.29, 1.82) is 0 Å². The van der Waals surface area contributed by atoms with Crippen molar-refractivity contribution in [3.8, 4) is 11.5 Å². The predicted octanol–water partition coefficient (Wildman–Crippen LogP) is 1.64. The van der Waals surface area contributed by atoms with Crippen LogP contribution in [0.3, 0.4) is 0 Å². The van der Waals surface area contributed by atoms with Gasteiger partial charge in [-0.05, 0) is 13.1 Å². The van der Waals surface area contributed by atoms with Gasteiger partial charge in [-0.3, -0.25) is 10.1 Å². The molecule has 0 saturated heterocycles. The first-order chi connectivity index (χ1) is 9.02. The molecule has 0 aliphatic rings. The first-order valence-corrected chi connectivity index (χ1v) is 5.13. The molecule has 100 valence electrons. The van der Waals surface area contributed by atoms with E-state index in [1.807, 2.05) is 0 Å². The van der Waals surface area contributed by atoms with Crippen LogP contribution in [0.1, 0.15) is 5.89 Å². The number of nitrogens with zero attached hydrogens (tertiary/aromatic N) is 3. The Morgan fingerprint density at radius 2 is 2.05 bits per heavy atom. The topological polar surface area (TPSA) is 94.1 Å². The van der Waals surface area contributed by atoms with Gasteiger partial charge in [0.1, 0.15) is 5.56 Å². The zero-order valence-corrected chi connectivity index (χ0v) is 9.68. The van der Waals surface area contributed by atoms with E-state index in [9.17, 15) is 18.9 Å². The Hall–Kier alpha value is -2.42. The molecule has 0 atom stereocenters. The van der Waals surface area contributed by atoms with Gasteiger partial charge in [-0.15, -0.1) is 10.2 Å². The average Bonchev–Trinajstić information content (AvgIpc) is 2.81. The second-order valence-corrected chi connectivity index (χ2v) is 3.57. The van der Waals surface area contributed by atoms with E-state index in [-0.39, 0.29) is 23.9 Å². The molecule has 1 N–H and O–H groups in total. The molecule has 0 fully saturated rings. The summed E-state index contributed by atoms with van der Waals surface area (Å²) in [6, 6.07) is 1.14. The summed E-state index contributed by atoms with van der Waals surface area (Å²) in [6.45, 7) is 0.254. The number of nitro groups is 1. The second-order valence-electron chi connectivity index (χ2n) is 3.57. The van der Waals surface area contributed by atoms with E-state index in [0.29, 0.717) is 12.1 Å². The van der Waals surface area contributed by atoms with E-state index in [4.69, 9.17) is 4.42 Å². The fourth-order valence-corrected chi connectivity index (χ4v) is 1.44. The lowest BCUT2D eigenvalue weighted by Crippen LogP contribution is -2.04. The van der Waals surface area contributed by atoms with Crippen molar-refractivity contribution in [1.82, 2.24) is 15.5 Å². The SMILES string of the molecule is CNCc1nnc(-c2cc(F)c(F)cc2[N+](=O)[O-])o1. The molecule has 7 nitrogen and oxygen atoms in total. The van der Waals surface area contributed by atoms with Crippen LogP contribution in [0.4, 0.5) is 14.5 Å². The summed E-state index contributed by atoms with van der Waals surface area (Å²) >= 11 is 0. The minimum absolute atomic E-state index is 0.177. The van der Waals surface area contributed by atoms with Crippen LogP contribution in [0.5, 0.6) is 0 Å². The largest absolute Gasteiger partial charge is 0.419 e. The molecule has 0 radical (unpaired) electrons. The summed E-state index contributed by atoms with van der Waals surface area (Å²) < 4.78 is 31.3. The minimum atomic E-state index is -1.31. The van der Waals surface area contributed by atoms with Crippen LogP contribution in [0.25, 0.3) is 11.5 Å². The summed E-state index contributed by atoms with van der Waals surface area (Å²) in [5.74, 6) is -2.60. The van der Waals surface area contributed by atoms with Crippen LogP contribution >= 0.6 is 0 Å². The van der Waals surface area contributed by atoms with Gasteiger partial charge < -0.3 is 9.73 Å². The van der Waals surface area contributed by atoms with Crippen molar-refractivity contribution in [2.24, 2.45) is 0 Å². The molecular formula is C10H8F2N4O3. The molecule has 2 rings (SSSR count). The molecule has 0 bridgehead atoms. The van der Waals surface area contributed by atoms with Gasteiger partial charge in [-0.2, -0.15) is 0 Å². The third-order valence-corrected chi connectivity index (χ3v) is 2.26. The Balaban J connectivity index is 2.53. The summed E-state index contributed by atoms with van der Waals surface area (Å²) in [7, 11) is 1.64. The van der Waals surface area contributed by atoms with Gasteiger partial charge in [0, 0.05) is 0 Å². The zero-order valence-electron chi connectivity index (χ0n) is 9.68. The highest BCUT2D eigenvalue weighted by Crippen LogP contribution is 2.30. The van der Waals surface area contributed by atoms with Crippen molar-refractivity contribution in [3.63, 3.8) is 0 Å². The maximum Gasteiger partial charge on any atom is 0.285 e. The molecular weight excluding hydrogens is 262 g/mol. The Labute approximate surface area is 105 Å².